The average molecular weight is 446 g/mol. The van der Waals surface area contributed by atoms with E-state index in [-0.39, 0.29) is 35.3 Å². The van der Waals surface area contributed by atoms with Gasteiger partial charge in [-0.15, -0.1) is 11.6 Å². The minimum atomic E-state index is -4.10. The predicted octanol–water partition coefficient (Wildman–Crippen LogP) is 2.48. The van der Waals surface area contributed by atoms with Crippen molar-refractivity contribution in [2.75, 3.05) is 25.5 Å². The molecule has 10 heteroatoms. The summed E-state index contributed by atoms with van der Waals surface area (Å²) in [6.45, 7) is 0.780. The van der Waals surface area contributed by atoms with Crippen molar-refractivity contribution in [3.05, 3.63) is 28.2 Å². The van der Waals surface area contributed by atoms with Crippen LogP contribution >= 0.6 is 27.5 Å². The second-order valence-electron chi connectivity index (χ2n) is 5.46. The van der Waals surface area contributed by atoms with Gasteiger partial charge in [-0.25, -0.2) is 17.2 Å². The minimum Gasteiger partial charge on any atom is -0.355 e. The van der Waals surface area contributed by atoms with Gasteiger partial charge in [0.1, 0.15) is 10.8 Å². The van der Waals surface area contributed by atoms with Crippen LogP contribution in [0.1, 0.15) is 12.8 Å². The lowest BCUT2D eigenvalue weighted by atomic mass is 9.98. The second-order valence-corrected chi connectivity index (χ2v) is 8.49. The zero-order chi connectivity index (χ0) is 17.9. The fourth-order valence-corrected chi connectivity index (χ4v) is 4.43. The van der Waals surface area contributed by atoms with Crippen LogP contribution in [0.3, 0.4) is 0 Å². The number of hydrogen-bond donors (Lipinski definition) is 1. The third-order valence-corrected chi connectivity index (χ3v) is 6.67. The van der Waals surface area contributed by atoms with Gasteiger partial charge in [0.25, 0.3) is 0 Å². The summed E-state index contributed by atoms with van der Waals surface area (Å²) < 4.78 is 53.6. The van der Waals surface area contributed by atoms with Crippen molar-refractivity contribution in [1.82, 2.24) is 9.62 Å². The summed E-state index contributed by atoms with van der Waals surface area (Å²) in [5, 5.41) is 2.66. The van der Waals surface area contributed by atoms with E-state index in [1.807, 2.05) is 0 Å². The van der Waals surface area contributed by atoms with Crippen molar-refractivity contribution >= 4 is 43.5 Å². The Labute approximate surface area is 152 Å². The molecular weight excluding hydrogens is 430 g/mol. The van der Waals surface area contributed by atoms with Gasteiger partial charge in [0.05, 0.1) is 4.47 Å². The number of benzene rings is 1. The molecule has 1 aliphatic rings. The highest BCUT2D eigenvalue weighted by molar-refractivity contribution is 9.10. The first-order chi connectivity index (χ1) is 11.3. The molecule has 24 heavy (non-hydrogen) atoms. The molecule has 1 aliphatic heterocycles. The molecule has 0 spiro atoms. The van der Waals surface area contributed by atoms with E-state index in [0.29, 0.717) is 19.4 Å². The third-order valence-electron chi connectivity index (χ3n) is 3.90. The van der Waals surface area contributed by atoms with Crippen molar-refractivity contribution in [2.24, 2.45) is 5.92 Å². The van der Waals surface area contributed by atoms with Gasteiger partial charge in [-0.1, -0.05) is 0 Å². The quantitative estimate of drug-likeness (QED) is 0.559. The van der Waals surface area contributed by atoms with E-state index in [1.165, 1.54) is 6.07 Å². The van der Waals surface area contributed by atoms with Gasteiger partial charge < -0.3 is 5.32 Å². The Morgan fingerprint density at radius 2 is 1.92 bits per heavy atom. The van der Waals surface area contributed by atoms with Crippen LogP contribution < -0.4 is 5.32 Å². The number of carbonyl (C=O) groups is 1. The lowest BCUT2D eigenvalue weighted by Crippen LogP contribution is -2.42. The summed E-state index contributed by atoms with van der Waals surface area (Å²) in [5.74, 6) is -2.90. The van der Waals surface area contributed by atoms with Crippen molar-refractivity contribution in [2.45, 2.75) is 17.7 Å². The van der Waals surface area contributed by atoms with E-state index < -0.39 is 26.6 Å². The lowest BCUT2D eigenvalue weighted by Gasteiger charge is -2.31. The number of halogens is 4. The number of nitrogens with one attached hydrogen (secondary N) is 1. The summed E-state index contributed by atoms with van der Waals surface area (Å²) in [6, 6.07) is 2.21. The summed E-state index contributed by atoms with van der Waals surface area (Å²) in [7, 11) is -4.10. The van der Waals surface area contributed by atoms with Gasteiger partial charge in [0.15, 0.2) is 11.6 Å². The van der Waals surface area contributed by atoms with E-state index in [4.69, 9.17) is 11.6 Å². The number of rotatable bonds is 5. The van der Waals surface area contributed by atoms with Crippen LogP contribution in [0.2, 0.25) is 0 Å². The zero-order valence-electron chi connectivity index (χ0n) is 12.6. The fourth-order valence-electron chi connectivity index (χ4n) is 2.51. The Morgan fingerprint density at radius 3 is 2.50 bits per heavy atom. The molecule has 1 fully saturated rings. The number of carbonyl (C=O) groups excluding carboxylic acids is 1. The second kappa shape index (κ2) is 8.07. The predicted molar refractivity (Wildman–Crippen MR) is 89.3 cm³/mol. The Hall–Kier alpha value is -0.770. The first-order valence-electron chi connectivity index (χ1n) is 7.23. The highest BCUT2D eigenvalue weighted by atomic mass is 79.9. The molecule has 5 nitrogen and oxygen atoms in total. The number of alkyl halides is 1. The van der Waals surface area contributed by atoms with Crippen LogP contribution in [0.15, 0.2) is 21.5 Å². The molecule has 1 N–H and O–H groups in total. The first kappa shape index (κ1) is 19.6. The van der Waals surface area contributed by atoms with Crippen LogP contribution in [0, 0.1) is 17.6 Å². The lowest BCUT2D eigenvalue weighted by molar-refractivity contribution is -0.118. The molecule has 0 unspecified atom stereocenters. The molecule has 1 saturated heterocycles. The topological polar surface area (TPSA) is 66.5 Å². The number of amides is 1. The van der Waals surface area contributed by atoms with Gasteiger partial charge in [0, 0.05) is 19.6 Å². The largest absolute Gasteiger partial charge is 0.355 e. The van der Waals surface area contributed by atoms with Crippen molar-refractivity contribution in [3.8, 4) is 0 Å². The maximum absolute atomic E-state index is 14.0. The van der Waals surface area contributed by atoms with Crippen LogP contribution in [0.5, 0.6) is 0 Å². The van der Waals surface area contributed by atoms with Crippen molar-refractivity contribution in [3.63, 3.8) is 0 Å². The average Bonchev–Trinajstić information content (AvgIpc) is 2.57. The molecule has 134 valence electrons. The monoisotopic (exact) mass is 444 g/mol. The molecule has 0 aliphatic carbocycles. The first-order valence-corrected chi connectivity index (χ1v) is 10.0. The SMILES string of the molecule is O=C(CCl)NCC1CCN(S(=O)(=O)c2ccc(Br)c(F)c2F)CC1. The Kier molecular flexibility index (Phi) is 6.58. The molecule has 1 amide bonds. The Morgan fingerprint density at radius 1 is 1.29 bits per heavy atom. The van der Waals surface area contributed by atoms with Gasteiger partial charge in [0.2, 0.25) is 15.9 Å². The molecule has 1 heterocycles. The standard InChI is InChI=1S/C14H16BrClF2N2O3S/c15-10-1-2-11(14(18)13(10)17)24(22,23)20-5-3-9(4-6-20)8-19-12(21)7-16/h1-2,9H,3-8H2,(H,19,21). The highest BCUT2D eigenvalue weighted by Crippen LogP contribution is 2.28. The Bertz CT molecular complexity index is 725. The molecule has 1 aromatic rings. The zero-order valence-corrected chi connectivity index (χ0v) is 15.7. The van der Waals surface area contributed by atoms with Gasteiger partial charge >= 0.3 is 0 Å². The van der Waals surface area contributed by atoms with Crippen LogP contribution in [-0.4, -0.2) is 44.1 Å². The minimum absolute atomic E-state index is 0.120. The van der Waals surface area contributed by atoms with Crippen molar-refractivity contribution < 1.29 is 22.0 Å². The van der Waals surface area contributed by atoms with Crippen LogP contribution in [-0.2, 0) is 14.8 Å². The smallest absolute Gasteiger partial charge is 0.246 e. The van der Waals surface area contributed by atoms with E-state index in [1.54, 1.807) is 0 Å². The molecule has 0 radical (unpaired) electrons. The van der Waals surface area contributed by atoms with Crippen molar-refractivity contribution in [1.29, 1.82) is 0 Å². The van der Waals surface area contributed by atoms with Gasteiger partial charge in [-0.3, -0.25) is 4.79 Å². The molecule has 1 aromatic carbocycles. The van der Waals surface area contributed by atoms with Crippen LogP contribution in [0.25, 0.3) is 0 Å². The maximum atomic E-state index is 14.0. The van der Waals surface area contributed by atoms with Crippen LogP contribution in [0.4, 0.5) is 8.78 Å². The number of sulfonamides is 1. The Balaban J connectivity index is 2.05. The van der Waals surface area contributed by atoms with E-state index in [0.717, 1.165) is 10.4 Å². The van der Waals surface area contributed by atoms with E-state index in [9.17, 15) is 22.0 Å². The fraction of sp³-hybridized carbons (Fsp3) is 0.500. The number of hydrogen-bond acceptors (Lipinski definition) is 3. The number of nitrogens with zero attached hydrogens (tertiary/aromatic N) is 1. The van der Waals surface area contributed by atoms with Gasteiger partial charge in [-0.2, -0.15) is 4.31 Å². The summed E-state index contributed by atoms with van der Waals surface area (Å²) in [5.41, 5.74) is 0. The molecule has 2 rings (SSSR count). The summed E-state index contributed by atoms with van der Waals surface area (Å²) >= 11 is 8.21. The summed E-state index contributed by atoms with van der Waals surface area (Å²) in [4.78, 5) is 10.5. The molecule has 0 atom stereocenters. The molecule has 0 aromatic heterocycles. The summed E-state index contributed by atoms with van der Waals surface area (Å²) in [6.07, 6.45) is 1.03. The van der Waals surface area contributed by atoms with E-state index in [2.05, 4.69) is 21.2 Å². The molecule has 0 saturated carbocycles. The van der Waals surface area contributed by atoms with E-state index >= 15 is 0 Å². The van der Waals surface area contributed by atoms with Gasteiger partial charge in [-0.05, 0) is 46.8 Å². The molecular formula is C14H16BrClF2N2O3S. The normalized spacial score (nSPS) is 17.0. The highest BCUT2D eigenvalue weighted by Gasteiger charge is 2.32. The third kappa shape index (κ3) is 4.25. The maximum Gasteiger partial charge on any atom is 0.246 e. The number of piperidine rings is 1. The molecule has 0 bridgehead atoms.